The highest BCUT2D eigenvalue weighted by Gasteiger charge is 2.25. The number of aromatic carboxylic acids is 1. The summed E-state index contributed by atoms with van der Waals surface area (Å²) in [5.41, 5.74) is 0.993. The van der Waals surface area contributed by atoms with Crippen molar-refractivity contribution in [2.24, 2.45) is 0 Å². The zero-order valence-electron chi connectivity index (χ0n) is 18.0. The van der Waals surface area contributed by atoms with Gasteiger partial charge in [0.1, 0.15) is 22.9 Å². The van der Waals surface area contributed by atoms with Crippen molar-refractivity contribution in [2.75, 3.05) is 48.4 Å². The summed E-state index contributed by atoms with van der Waals surface area (Å²) in [6.45, 7) is 2.44. The highest BCUT2D eigenvalue weighted by molar-refractivity contribution is 6.05. The molecule has 170 valence electrons. The number of carboxylic acids is 1. The number of benzene rings is 2. The molecule has 4 rings (SSSR count). The summed E-state index contributed by atoms with van der Waals surface area (Å²) >= 11 is 0. The first-order valence-electron chi connectivity index (χ1n) is 10.4. The van der Waals surface area contributed by atoms with Gasteiger partial charge in [-0.25, -0.2) is 14.2 Å². The van der Waals surface area contributed by atoms with E-state index in [1.54, 1.807) is 13.2 Å². The predicted molar refractivity (Wildman–Crippen MR) is 123 cm³/mol. The summed E-state index contributed by atoms with van der Waals surface area (Å²) in [7, 11) is 1.63. The van der Waals surface area contributed by atoms with Gasteiger partial charge in [-0.15, -0.1) is 0 Å². The second-order valence-corrected chi connectivity index (χ2v) is 7.48. The van der Waals surface area contributed by atoms with Crippen LogP contribution in [0.25, 0.3) is 0 Å². The minimum atomic E-state index is -1.16. The molecule has 1 aliphatic heterocycles. The van der Waals surface area contributed by atoms with Gasteiger partial charge in [0.2, 0.25) is 0 Å². The maximum atomic E-state index is 13.9. The van der Waals surface area contributed by atoms with Crippen LogP contribution in [0, 0.1) is 5.82 Å². The molecule has 1 aromatic heterocycles. The Kier molecular flexibility index (Phi) is 6.39. The Morgan fingerprint density at radius 1 is 1.00 bits per heavy atom. The Morgan fingerprint density at radius 2 is 1.67 bits per heavy atom. The molecule has 0 saturated carbocycles. The van der Waals surface area contributed by atoms with Crippen LogP contribution in [0.4, 0.5) is 21.6 Å². The maximum Gasteiger partial charge on any atom is 0.339 e. The van der Waals surface area contributed by atoms with Crippen LogP contribution in [-0.4, -0.2) is 55.3 Å². The van der Waals surface area contributed by atoms with E-state index in [9.17, 15) is 19.1 Å². The third kappa shape index (κ3) is 4.72. The first-order valence-corrected chi connectivity index (χ1v) is 10.4. The molecule has 33 heavy (non-hydrogen) atoms. The van der Waals surface area contributed by atoms with Gasteiger partial charge in [-0.3, -0.25) is 4.79 Å². The lowest BCUT2D eigenvalue weighted by Crippen LogP contribution is -2.47. The molecule has 2 N–H and O–H groups in total. The van der Waals surface area contributed by atoms with E-state index >= 15 is 0 Å². The van der Waals surface area contributed by atoms with Crippen molar-refractivity contribution in [3.8, 4) is 5.75 Å². The Bertz CT molecular complexity index is 1180. The molecule has 1 aliphatic rings. The lowest BCUT2D eigenvalue weighted by Gasteiger charge is -2.37. The van der Waals surface area contributed by atoms with Crippen molar-refractivity contribution < 1.29 is 23.8 Å². The number of nitrogens with zero attached hydrogens (tertiary/aromatic N) is 3. The summed E-state index contributed by atoms with van der Waals surface area (Å²) in [5.74, 6) is -1.39. The molecule has 0 bridgehead atoms. The number of carboxylic acid groups (broad SMARTS) is 1. The van der Waals surface area contributed by atoms with Crippen molar-refractivity contribution in [3.05, 3.63) is 77.7 Å². The highest BCUT2D eigenvalue weighted by Crippen LogP contribution is 2.30. The van der Waals surface area contributed by atoms with Crippen molar-refractivity contribution >= 4 is 29.1 Å². The van der Waals surface area contributed by atoms with Gasteiger partial charge in [-0.2, -0.15) is 0 Å². The van der Waals surface area contributed by atoms with Crippen molar-refractivity contribution in [1.82, 2.24) is 4.98 Å². The van der Waals surface area contributed by atoms with Gasteiger partial charge in [-0.05, 0) is 30.3 Å². The molecule has 0 unspecified atom stereocenters. The first-order chi connectivity index (χ1) is 16.0. The van der Waals surface area contributed by atoms with Gasteiger partial charge in [0.05, 0.1) is 30.2 Å². The van der Waals surface area contributed by atoms with Crippen LogP contribution in [-0.2, 0) is 0 Å². The summed E-state index contributed by atoms with van der Waals surface area (Å²) in [4.78, 5) is 32.7. The number of aromatic nitrogens is 1. The van der Waals surface area contributed by atoms with Crippen LogP contribution in [0.5, 0.6) is 5.75 Å². The van der Waals surface area contributed by atoms with Crippen molar-refractivity contribution in [1.29, 1.82) is 0 Å². The summed E-state index contributed by atoms with van der Waals surface area (Å²) in [5, 5.41) is 12.3. The fraction of sp³-hybridized carbons (Fsp3) is 0.208. The molecule has 0 spiro atoms. The zero-order valence-corrected chi connectivity index (χ0v) is 18.0. The number of nitrogens with one attached hydrogen (secondary N) is 1. The number of piperazine rings is 1. The first kappa shape index (κ1) is 22.1. The molecule has 1 saturated heterocycles. The fourth-order valence-corrected chi connectivity index (χ4v) is 3.83. The molecule has 0 aliphatic carbocycles. The highest BCUT2D eigenvalue weighted by atomic mass is 19.1. The SMILES string of the molecule is COc1ccccc1N1CCN(c2ncc(NC(=O)c3ccccc3F)cc2C(=O)O)CC1. The van der Waals surface area contributed by atoms with Gasteiger partial charge in [0.25, 0.3) is 5.91 Å². The summed E-state index contributed by atoms with van der Waals surface area (Å²) in [6, 6.07) is 14.7. The molecule has 2 aromatic carbocycles. The van der Waals surface area contributed by atoms with E-state index in [1.165, 1.54) is 30.5 Å². The molecule has 0 atom stereocenters. The normalized spacial score (nSPS) is 13.5. The molecule has 0 radical (unpaired) electrons. The topological polar surface area (TPSA) is 95.0 Å². The van der Waals surface area contributed by atoms with Crippen LogP contribution in [0.15, 0.2) is 60.8 Å². The minimum absolute atomic E-state index is 0.0351. The van der Waals surface area contributed by atoms with E-state index in [1.807, 2.05) is 29.2 Å². The monoisotopic (exact) mass is 450 g/mol. The number of halogens is 1. The van der Waals surface area contributed by atoms with Crippen LogP contribution in [0.2, 0.25) is 0 Å². The van der Waals surface area contributed by atoms with Gasteiger partial charge in [0, 0.05) is 26.2 Å². The quantitative estimate of drug-likeness (QED) is 0.594. The number of pyridine rings is 1. The molecular weight excluding hydrogens is 427 g/mol. The standard InChI is InChI=1S/C24H23FN4O4/c1-33-21-9-5-4-8-20(21)28-10-12-29(13-11-28)22-18(24(31)32)14-16(15-26-22)27-23(30)17-6-2-3-7-19(17)25/h2-9,14-15H,10-13H2,1H3,(H,27,30)(H,31,32). The van der Waals surface area contributed by atoms with Crippen LogP contribution in [0.1, 0.15) is 20.7 Å². The van der Waals surface area contributed by atoms with E-state index in [2.05, 4.69) is 15.2 Å². The molecule has 1 fully saturated rings. The maximum absolute atomic E-state index is 13.9. The second kappa shape index (κ2) is 9.56. The number of para-hydroxylation sites is 2. The average Bonchev–Trinajstić information content (AvgIpc) is 2.84. The minimum Gasteiger partial charge on any atom is -0.495 e. The number of hydrogen-bond acceptors (Lipinski definition) is 6. The van der Waals surface area contributed by atoms with Crippen molar-refractivity contribution in [2.45, 2.75) is 0 Å². The van der Waals surface area contributed by atoms with E-state index in [0.717, 1.165) is 11.4 Å². The van der Waals surface area contributed by atoms with Gasteiger partial charge in [-0.1, -0.05) is 24.3 Å². The number of anilines is 3. The van der Waals surface area contributed by atoms with Crippen LogP contribution < -0.4 is 19.9 Å². The Labute approximate surface area is 190 Å². The zero-order chi connectivity index (χ0) is 23.4. The van der Waals surface area contributed by atoms with Crippen LogP contribution >= 0.6 is 0 Å². The predicted octanol–water partition coefficient (Wildman–Crippen LogP) is 3.51. The number of rotatable bonds is 6. The smallest absolute Gasteiger partial charge is 0.339 e. The Morgan fingerprint density at radius 3 is 2.36 bits per heavy atom. The average molecular weight is 450 g/mol. The molecular formula is C24H23FN4O4. The number of amides is 1. The number of hydrogen-bond donors (Lipinski definition) is 2. The van der Waals surface area contributed by atoms with Crippen LogP contribution in [0.3, 0.4) is 0 Å². The van der Waals surface area contributed by atoms with E-state index in [-0.39, 0.29) is 16.8 Å². The molecule has 2 heterocycles. The number of ether oxygens (including phenoxy) is 1. The van der Waals surface area contributed by atoms with Gasteiger partial charge in [0.15, 0.2) is 0 Å². The van der Waals surface area contributed by atoms with Gasteiger partial charge >= 0.3 is 5.97 Å². The van der Waals surface area contributed by atoms with E-state index < -0.39 is 17.7 Å². The molecule has 8 nitrogen and oxygen atoms in total. The Balaban J connectivity index is 1.50. The number of carbonyl (C=O) groups is 2. The number of methoxy groups -OCH3 is 1. The second-order valence-electron chi connectivity index (χ2n) is 7.48. The third-order valence-corrected chi connectivity index (χ3v) is 5.48. The fourth-order valence-electron chi connectivity index (χ4n) is 3.83. The molecule has 1 amide bonds. The van der Waals surface area contributed by atoms with E-state index in [0.29, 0.717) is 32.0 Å². The molecule has 9 heteroatoms. The Hall–Kier alpha value is -4.14. The lowest BCUT2D eigenvalue weighted by atomic mass is 10.1. The largest absolute Gasteiger partial charge is 0.495 e. The lowest BCUT2D eigenvalue weighted by molar-refractivity contribution is 0.0696. The summed E-state index contributed by atoms with van der Waals surface area (Å²) < 4.78 is 19.3. The van der Waals surface area contributed by atoms with E-state index in [4.69, 9.17) is 4.74 Å². The molecule has 3 aromatic rings. The van der Waals surface area contributed by atoms with Crippen molar-refractivity contribution in [3.63, 3.8) is 0 Å². The third-order valence-electron chi connectivity index (χ3n) is 5.48. The summed E-state index contributed by atoms with van der Waals surface area (Å²) in [6.07, 6.45) is 1.38. The van der Waals surface area contributed by atoms with Gasteiger partial charge < -0.3 is 25.0 Å². The number of carbonyl (C=O) groups excluding carboxylic acids is 1.